The average molecular weight is 621 g/mol. The molecule has 1 aliphatic carbocycles. The fourth-order valence-corrected chi connectivity index (χ4v) is 9.50. The summed E-state index contributed by atoms with van der Waals surface area (Å²) in [7, 11) is 0. The van der Waals surface area contributed by atoms with Gasteiger partial charge in [-0.1, -0.05) is 144 Å². The number of benzene rings is 5. The van der Waals surface area contributed by atoms with E-state index in [0.29, 0.717) is 0 Å². The molecule has 3 aliphatic rings. The summed E-state index contributed by atoms with van der Waals surface area (Å²) in [5.74, 6) is 0. The maximum Gasteiger partial charge on any atom is 0.249 e. The summed E-state index contributed by atoms with van der Waals surface area (Å²) in [5.41, 5.74) is 18.3. The Hall–Kier alpha value is -4.89. The van der Waals surface area contributed by atoms with Gasteiger partial charge in [-0.15, -0.1) is 0 Å². The quantitative estimate of drug-likeness (QED) is 0.183. The van der Waals surface area contributed by atoms with Crippen molar-refractivity contribution in [3.05, 3.63) is 150 Å². The maximum atomic E-state index is 5.23. The van der Waals surface area contributed by atoms with E-state index >= 15 is 0 Å². The van der Waals surface area contributed by atoms with Gasteiger partial charge in [0.15, 0.2) is 0 Å². The Balaban J connectivity index is 1.32. The summed E-state index contributed by atoms with van der Waals surface area (Å²) in [6.07, 6.45) is 3.19. The van der Waals surface area contributed by atoms with Crippen LogP contribution in [0.3, 0.4) is 0 Å². The molecule has 0 N–H and O–H groups in total. The van der Waals surface area contributed by atoms with Crippen LogP contribution in [0.4, 0.5) is 17.1 Å². The molecule has 0 saturated carbocycles. The Labute approximate surface area is 285 Å². The lowest BCUT2D eigenvalue weighted by Crippen LogP contribution is -2.64. The van der Waals surface area contributed by atoms with Gasteiger partial charge in [0.2, 0.25) is 6.71 Å². The van der Waals surface area contributed by atoms with Crippen molar-refractivity contribution in [2.24, 2.45) is 0 Å². The Morgan fingerprint density at radius 1 is 0.542 bits per heavy atom. The van der Waals surface area contributed by atoms with E-state index in [1.54, 1.807) is 0 Å². The highest BCUT2D eigenvalue weighted by atomic mass is 15.2. The van der Waals surface area contributed by atoms with Crippen LogP contribution in [-0.2, 0) is 16.2 Å². The average Bonchev–Trinajstić information content (AvgIpc) is 3.28. The largest absolute Gasteiger partial charge is 0.311 e. The summed E-state index contributed by atoms with van der Waals surface area (Å²) in [4.78, 5) is 7.71. The smallest absolute Gasteiger partial charge is 0.249 e. The Morgan fingerprint density at radius 3 is 1.79 bits per heavy atom. The number of anilines is 3. The van der Waals surface area contributed by atoms with Gasteiger partial charge in [-0.05, 0) is 91.4 Å². The predicted molar refractivity (Wildman–Crippen MR) is 204 cm³/mol. The molecule has 0 saturated heterocycles. The summed E-state index contributed by atoms with van der Waals surface area (Å²) in [6, 6.07) is 45.1. The van der Waals surface area contributed by atoms with Crippen molar-refractivity contribution in [3.8, 4) is 22.3 Å². The predicted octanol–water partition coefficient (Wildman–Crippen LogP) is 9.31. The molecule has 3 heteroatoms. The third kappa shape index (κ3) is 4.16. The van der Waals surface area contributed by atoms with Crippen LogP contribution in [0.25, 0.3) is 22.3 Å². The van der Waals surface area contributed by atoms with Gasteiger partial charge in [-0.3, -0.25) is 4.98 Å². The second-order valence-electron chi connectivity index (χ2n) is 16.0. The van der Waals surface area contributed by atoms with Crippen LogP contribution >= 0.6 is 0 Å². The van der Waals surface area contributed by atoms with E-state index in [1.807, 2.05) is 6.20 Å². The molecule has 234 valence electrons. The molecule has 9 rings (SSSR count). The van der Waals surface area contributed by atoms with E-state index in [2.05, 4.69) is 168 Å². The van der Waals surface area contributed by atoms with Gasteiger partial charge in [-0.2, -0.15) is 0 Å². The van der Waals surface area contributed by atoms with E-state index in [4.69, 9.17) is 4.98 Å². The van der Waals surface area contributed by atoms with Gasteiger partial charge in [0, 0.05) is 34.4 Å². The van der Waals surface area contributed by atoms with E-state index in [9.17, 15) is 0 Å². The lowest BCUT2D eigenvalue weighted by molar-refractivity contribution is 0.403. The topological polar surface area (TPSA) is 16.1 Å². The lowest BCUT2D eigenvalue weighted by atomic mass is 9.30. The molecule has 5 aromatic carbocycles. The minimum Gasteiger partial charge on any atom is -0.311 e. The highest BCUT2D eigenvalue weighted by Gasteiger charge is 2.50. The molecule has 0 spiro atoms. The fourth-order valence-electron chi connectivity index (χ4n) is 9.50. The maximum absolute atomic E-state index is 5.23. The van der Waals surface area contributed by atoms with Crippen LogP contribution in [0.2, 0.25) is 0 Å². The highest BCUT2D eigenvalue weighted by molar-refractivity contribution is 6.99. The van der Waals surface area contributed by atoms with Crippen molar-refractivity contribution >= 4 is 40.2 Å². The van der Waals surface area contributed by atoms with Gasteiger partial charge in [0.25, 0.3) is 0 Å². The Morgan fingerprint density at radius 2 is 1.12 bits per heavy atom. The number of aromatic nitrogens is 1. The normalized spacial score (nSPS) is 17.3. The van der Waals surface area contributed by atoms with Crippen LogP contribution < -0.4 is 21.3 Å². The van der Waals surface area contributed by atoms with Crippen molar-refractivity contribution in [2.75, 3.05) is 4.90 Å². The number of hydrogen-bond donors (Lipinski definition) is 0. The second-order valence-corrected chi connectivity index (χ2v) is 16.0. The first-order valence-electron chi connectivity index (χ1n) is 17.4. The van der Waals surface area contributed by atoms with E-state index < -0.39 is 0 Å². The Kier molecular flexibility index (Phi) is 6.14. The van der Waals surface area contributed by atoms with E-state index in [0.717, 1.165) is 12.1 Å². The van der Waals surface area contributed by atoms with Crippen LogP contribution in [0, 0.1) is 0 Å². The molecular weight excluding hydrogens is 579 g/mol. The molecule has 1 aromatic heterocycles. The first-order valence-corrected chi connectivity index (χ1v) is 17.4. The Bertz CT molecular complexity index is 2230. The fraction of sp³-hybridized carbons (Fsp3) is 0.222. The van der Waals surface area contributed by atoms with E-state index in [1.165, 1.54) is 72.4 Å². The first kappa shape index (κ1) is 29.3. The first-order chi connectivity index (χ1) is 23.0. The van der Waals surface area contributed by atoms with Gasteiger partial charge < -0.3 is 4.90 Å². The zero-order valence-corrected chi connectivity index (χ0v) is 28.8. The standard InChI is InChI=1S/C45H41BN2/c1-43(2)28-44(3,4)35-27-37-36(26-34(35)43)45(5,6)42-41-40(23-24-47-42)48(33-20-17-31(18-21-33)29-13-9-7-10-14-29)39-22-19-32(25-38(39)46(37)41)30-15-11-8-12-16-30/h7-27H,28H2,1-6H3. The molecule has 6 aromatic rings. The van der Waals surface area contributed by atoms with Crippen molar-refractivity contribution in [1.29, 1.82) is 0 Å². The van der Waals surface area contributed by atoms with Crippen molar-refractivity contribution in [2.45, 2.75) is 64.2 Å². The summed E-state index contributed by atoms with van der Waals surface area (Å²) in [5, 5.41) is 0. The number of rotatable bonds is 3. The van der Waals surface area contributed by atoms with Crippen LogP contribution in [0.1, 0.15) is 70.3 Å². The molecule has 0 radical (unpaired) electrons. The highest BCUT2D eigenvalue weighted by Crippen LogP contribution is 2.51. The minimum absolute atomic E-state index is 0.0926. The summed E-state index contributed by atoms with van der Waals surface area (Å²) >= 11 is 0. The molecule has 0 bridgehead atoms. The molecule has 2 aliphatic heterocycles. The minimum atomic E-state index is -0.244. The van der Waals surface area contributed by atoms with Crippen LogP contribution in [0.5, 0.6) is 0 Å². The molecule has 3 heterocycles. The third-order valence-corrected chi connectivity index (χ3v) is 11.5. The van der Waals surface area contributed by atoms with Crippen LogP contribution in [0.15, 0.2) is 128 Å². The molecule has 48 heavy (non-hydrogen) atoms. The SMILES string of the molecule is CC1(C)CC(C)(C)c2cc3c(cc21)B1c2cc(-c4ccccc4)ccc2N(c2ccc(-c4ccccc4)cc2)c2ccnc(c21)C3(C)C. The number of nitrogens with zero attached hydrogens (tertiary/aromatic N) is 2. The molecule has 0 unspecified atom stereocenters. The van der Waals surface area contributed by atoms with E-state index in [-0.39, 0.29) is 23.0 Å². The summed E-state index contributed by atoms with van der Waals surface area (Å²) in [6.45, 7) is 14.6. The van der Waals surface area contributed by atoms with Crippen LogP contribution in [-0.4, -0.2) is 11.7 Å². The number of pyridine rings is 1. The monoisotopic (exact) mass is 620 g/mol. The second kappa shape index (κ2) is 10.1. The van der Waals surface area contributed by atoms with Crippen molar-refractivity contribution < 1.29 is 0 Å². The zero-order chi connectivity index (χ0) is 33.0. The molecule has 0 atom stereocenters. The zero-order valence-electron chi connectivity index (χ0n) is 28.8. The number of fused-ring (bicyclic) bond motifs is 5. The third-order valence-electron chi connectivity index (χ3n) is 11.5. The van der Waals surface area contributed by atoms with Gasteiger partial charge in [0.1, 0.15) is 0 Å². The molecular formula is C45H41BN2. The van der Waals surface area contributed by atoms with Gasteiger partial charge in [-0.25, -0.2) is 0 Å². The van der Waals surface area contributed by atoms with Crippen molar-refractivity contribution in [1.82, 2.24) is 4.98 Å². The lowest BCUT2D eigenvalue weighted by Gasteiger charge is -2.45. The van der Waals surface area contributed by atoms with Gasteiger partial charge >= 0.3 is 0 Å². The summed E-state index contributed by atoms with van der Waals surface area (Å²) < 4.78 is 0. The number of hydrogen-bond acceptors (Lipinski definition) is 2. The van der Waals surface area contributed by atoms with Crippen molar-refractivity contribution in [3.63, 3.8) is 0 Å². The molecule has 2 nitrogen and oxygen atoms in total. The van der Waals surface area contributed by atoms with Gasteiger partial charge in [0.05, 0.1) is 0 Å². The molecule has 0 amide bonds. The molecule has 0 fully saturated rings.